The number of rotatable bonds is 3. The number of nitrogens with zero attached hydrogens (tertiary/aromatic N) is 2. The Morgan fingerprint density at radius 3 is 1.93 bits per heavy atom. The molecule has 0 aliphatic rings. The molecule has 1 N–H and O–H groups in total. The van der Waals surface area contributed by atoms with Gasteiger partial charge in [-0.3, -0.25) is 0 Å². The zero-order chi connectivity index (χ0) is 19.6. The highest BCUT2D eigenvalue weighted by Crippen LogP contribution is 2.40. The highest BCUT2D eigenvalue weighted by atomic mass is 16.3. The van der Waals surface area contributed by atoms with Gasteiger partial charge in [0.1, 0.15) is 5.75 Å². The van der Waals surface area contributed by atoms with Crippen molar-refractivity contribution in [2.75, 3.05) is 0 Å². The van der Waals surface area contributed by atoms with E-state index < -0.39 is 0 Å². The van der Waals surface area contributed by atoms with Crippen molar-refractivity contribution >= 4 is 32.9 Å². The van der Waals surface area contributed by atoms with Crippen LogP contribution in [0.1, 0.15) is 0 Å². The van der Waals surface area contributed by atoms with Crippen LogP contribution < -0.4 is 0 Å². The van der Waals surface area contributed by atoms with Crippen LogP contribution in [0, 0.1) is 0 Å². The molecule has 0 unspecified atom stereocenters. The second-order valence-electron chi connectivity index (χ2n) is 6.90. The molecule has 0 saturated heterocycles. The van der Waals surface area contributed by atoms with Crippen molar-refractivity contribution in [3.8, 4) is 16.9 Å². The number of fused-ring (bicyclic) bond motifs is 2. The monoisotopic (exact) mass is 374 g/mol. The zero-order valence-corrected chi connectivity index (χ0v) is 15.7. The highest BCUT2D eigenvalue weighted by Gasteiger charge is 2.11. The minimum absolute atomic E-state index is 0.256. The van der Waals surface area contributed by atoms with Gasteiger partial charge < -0.3 is 5.11 Å². The lowest BCUT2D eigenvalue weighted by Crippen LogP contribution is -1.83. The Hall–Kier alpha value is -3.98. The molecular weight excluding hydrogens is 356 g/mol. The molecule has 5 aromatic rings. The number of aromatic hydroxyl groups is 1. The summed E-state index contributed by atoms with van der Waals surface area (Å²) in [6.07, 6.45) is 0. The van der Waals surface area contributed by atoms with Crippen molar-refractivity contribution in [1.29, 1.82) is 0 Å². The van der Waals surface area contributed by atoms with E-state index in [4.69, 9.17) is 0 Å². The molecule has 0 aliphatic carbocycles. The molecule has 0 bridgehead atoms. The number of benzene rings is 5. The van der Waals surface area contributed by atoms with Crippen molar-refractivity contribution in [3.63, 3.8) is 0 Å². The molecule has 3 heteroatoms. The third-order valence-corrected chi connectivity index (χ3v) is 5.11. The van der Waals surface area contributed by atoms with Crippen molar-refractivity contribution in [1.82, 2.24) is 0 Å². The molecule has 5 rings (SSSR count). The van der Waals surface area contributed by atoms with Crippen molar-refractivity contribution in [3.05, 3.63) is 103 Å². The maximum Gasteiger partial charge on any atom is 0.124 e. The summed E-state index contributed by atoms with van der Waals surface area (Å²) in [6.45, 7) is 0. The van der Waals surface area contributed by atoms with Gasteiger partial charge in [0.2, 0.25) is 0 Å². The van der Waals surface area contributed by atoms with Gasteiger partial charge in [0.25, 0.3) is 0 Å². The first-order valence-corrected chi connectivity index (χ1v) is 9.51. The van der Waals surface area contributed by atoms with Gasteiger partial charge in [0, 0.05) is 16.3 Å². The fraction of sp³-hybridized carbons (Fsp3) is 0. The SMILES string of the molecule is Oc1ccc2c(N=Nc3cccc4ccccc34)cccc2c1-c1ccccc1. The summed E-state index contributed by atoms with van der Waals surface area (Å²) in [5.41, 5.74) is 3.39. The van der Waals surface area contributed by atoms with E-state index in [-0.39, 0.29) is 5.75 Å². The highest BCUT2D eigenvalue weighted by molar-refractivity contribution is 6.04. The normalized spacial score (nSPS) is 11.4. The summed E-state index contributed by atoms with van der Waals surface area (Å²) in [4.78, 5) is 0. The fourth-order valence-corrected chi connectivity index (χ4v) is 3.73. The lowest BCUT2D eigenvalue weighted by Gasteiger charge is -2.10. The Labute approximate surface area is 168 Å². The number of hydrogen-bond donors (Lipinski definition) is 1. The largest absolute Gasteiger partial charge is 0.507 e. The Morgan fingerprint density at radius 2 is 1.10 bits per heavy atom. The smallest absolute Gasteiger partial charge is 0.124 e. The Balaban J connectivity index is 1.66. The van der Waals surface area contributed by atoms with Gasteiger partial charge in [-0.1, -0.05) is 78.9 Å². The number of azo groups is 1. The molecule has 0 aromatic heterocycles. The van der Waals surface area contributed by atoms with Crippen LogP contribution in [0.2, 0.25) is 0 Å². The number of phenolic OH excluding ortho intramolecular Hbond substituents is 1. The molecule has 138 valence electrons. The van der Waals surface area contributed by atoms with Gasteiger partial charge in [0.15, 0.2) is 0 Å². The summed E-state index contributed by atoms with van der Waals surface area (Å²) in [7, 11) is 0. The summed E-state index contributed by atoms with van der Waals surface area (Å²) >= 11 is 0. The predicted molar refractivity (Wildman–Crippen MR) is 119 cm³/mol. The van der Waals surface area contributed by atoms with Crippen LogP contribution in [0.25, 0.3) is 32.7 Å². The molecule has 5 aromatic carbocycles. The van der Waals surface area contributed by atoms with Gasteiger partial charge in [-0.05, 0) is 40.6 Å². The summed E-state index contributed by atoms with van der Waals surface area (Å²) in [6, 6.07) is 33.6. The average Bonchev–Trinajstić information content (AvgIpc) is 2.78. The first-order chi connectivity index (χ1) is 14.3. The van der Waals surface area contributed by atoms with Gasteiger partial charge >= 0.3 is 0 Å². The lowest BCUT2D eigenvalue weighted by atomic mass is 9.96. The summed E-state index contributed by atoms with van der Waals surface area (Å²) in [5.74, 6) is 0.256. The molecule has 0 saturated carbocycles. The van der Waals surface area contributed by atoms with Crippen LogP contribution in [0.4, 0.5) is 11.4 Å². The van der Waals surface area contributed by atoms with Crippen LogP contribution in [0.3, 0.4) is 0 Å². The third-order valence-electron chi connectivity index (χ3n) is 5.11. The maximum absolute atomic E-state index is 10.5. The van der Waals surface area contributed by atoms with E-state index in [1.807, 2.05) is 78.9 Å². The zero-order valence-electron chi connectivity index (χ0n) is 15.7. The molecule has 0 spiro atoms. The van der Waals surface area contributed by atoms with Crippen LogP contribution >= 0.6 is 0 Å². The van der Waals surface area contributed by atoms with Gasteiger partial charge in [-0.25, -0.2) is 0 Å². The van der Waals surface area contributed by atoms with E-state index in [0.29, 0.717) is 0 Å². The van der Waals surface area contributed by atoms with Crippen molar-refractivity contribution in [2.45, 2.75) is 0 Å². The fourth-order valence-electron chi connectivity index (χ4n) is 3.73. The molecule has 0 radical (unpaired) electrons. The lowest BCUT2D eigenvalue weighted by molar-refractivity contribution is 0.478. The van der Waals surface area contributed by atoms with E-state index in [2.05, 4.69) is 28.4 Å². The van der Waals surface area contributed by atoms with Gasteiger partial charge in [0.05, 0.1) is 11.4 Å². The van der Waals surface area contributed by atoms with Crippen LogP contribution in [-0.2, 0) is 0 Å². The van der Waals surface area contributed by atoms with E-state index >= 15 is 0 Å². The van der Waals surface area contributed by atoms with E-state index in [9.17, 15) is 5.11 Å². The van der Waals surface area contributed by atoms with Gasteiger partial charge in [-0.2, -0.15) is 0 Å². The molecule has 0 amide bonds. The molecule has 0 fully saturated rings. The van der Waals surface area contributed by atoms with Crippen molar-refractivity contribution in [2.24, 2.45) is 10.2 Å². The molecule has 29 heavy (non-hydrogen) atoms. The average molecular weight is 374 g/mol. The minimum atomic E-state index is 0.256. The van der Waals surface area contributed by atoms with E-state index in [0.717, 1.165) is 44.0 Å². The minimum Gasteiger partial charge on any atom is -0.507 e. The maximum atomic E-state index is 10.5. The Morgan fingerprint density at radius 1 is 0.483 bits per heavy atom. The first-order valence-electron chi connectivity index (χ1n) is 9.51. The molecule has 0 atom stereocenters. The number of hydrogen-bond acceptors (Lipinski definition) is 3. The molecule has 3 nitrogen and oxygen atoms in total. The standard InChI is InChI=1S/C26H18N2O/c29-25-17-16-21-22(26(25)19-9-2-1-3-10-19)13-7-15-24(21)28-27-23-14-6-11-18-8-4-5-12-20(18)23/h1-17,29H. The second kappa shape index (κ2) is 7.21. The summed E-state index contributed by atoms with van der Waals surface area (Å²) < 4.78 is 0. The first kappa shape index (κ1) is 17.1. The van der Waals surface area contributed by atoms with E-state index in [1.54, 1.807) is 6.07 Å². The van der Waals surface area contributed by atoms with E-state index in [1.165, 1.54) is 0 Å². The quantitative estimate of drug-likeness (QED) is 0.322. The van der Waals surface area contributed by atoms with Crippen molar-refractivity contribution < 1.29 is 5.11 Å². The Bertz CT molecular complexity index is 1350. The van der Waals surface area contributed by atoms with Crippen LogP contribution in [-0.4, -0.2) is 5.11 Å². The summed E-state index contributed by atoms with van der Waals surface area (Å²) in [5, 5.41) is 23.7. The third kappa shape index (κ3) is 3.13. The Kier molecular flexibility index (Phi) is 4.26. The molecule has 0 aliphatic heterocycles. The second-order valence-corrected chi connectivity index (χ2v) is 6.90. The van der Waals surface area contributed by atoms with Crippen LogP contribution in [0.15, 0.2) is 113 Å². The predicted octanol–water partition coefficient (Wildman–Crippen LogP) is 7.78. The van der Waals surface area contributed by atoms with Gasteiger partial charge in [-0.15, -0.1) is 10.2 Å². The van der Waals surface area contributed by atoms with Crippen LogP contribution in [0.5, 0.6) is 5.75 Å². The number of phenols is 1. The topological polar surface area (TPSA) is 45.0 Å². The molecular formula is C26H18N2O. The molecule has 0 heterocycles.